The van der Waals surface area contributed by atoms with Gasteiger partial charge in [-0.3, -0.25) is 4.79 Å². The van der Waals surface area contributed by atoms with E-state index in [2.05, 4.69) is 12.2 Å². The van der Waals surface area contributed by atoms with Gasteiger partial charge in [-0.2, -0.15) is 0 Å². The summed E-state index contributed by atoms with van der Waals surface area (Å²) < 4.78 is 0. The van der Waals surface area contributed by atoms with E-state index >= 15 is 0 Å². The molecule has 1 amide bonds. The minimum absolute atomic E-state index is 0.123. The van der Waals surface area contributed by atoms with E-state index in [0.717, 1.165) is 6.54 Å². The van der Waals surface area contributed by atoms with E-state index in [1.807, 2.05) is 13.8 Å². The zero-order valence-electron chi connectivity index (χ0n) is 7.61. The first-order valence-electron chi connectivity index (χ1n) is 4.31. The summed E-state index contributed by atoms with van der Waals surface area (Å²) in [5.41, 5.74) is 0.435. The van der Waals surface area contributed by atoms with E-state index in [9.17, 15) is 4.79 Å². The van der Waals surface area contributed by atoms with Crippen molar-refractivity contribution in [1.29, 1.82) is 0 Å². The number of nitrogens with one attached hydrogen (secondary N) is 1. The average Bonchev–Trinajstić information content (AvgIpc) is 2.64. The SMILES string of the molecule is CC(C)C(=O)NCC1(C)CC1. The van der Waals surface area contributed by atoms with Crippen LogP contribution in [-0.2, 0) is 4.79 Å². The molecule has 0 aromatic heterocycles. The monoisotopic (exact) mass is 155 g/mol. The third-order valence-corrected chi connectivity index (χ3v) is 2.32. The van der Waals surface area contributed by atoms with Crippen molar-refractivity contribution in [1.82, 2.24) is 5.32 Å². The molecule has 1 fully saturated rings. The summed E-state index contributed by atoms with van der Waals surface area (Å²) in [4.78, 5) is 11.1. The smallest absolute Gasteiger partial charge is 0.222 e. The Balaban J connectivity index is 2.16. The molecule has 0 unspecified atom stereocenters. The quantitative estimate of drug-likeness (QED) is 0.658. The molecule has 1 aliphatic rings. The van der Waals surface area contributed by atoms with Crippen LogP contribution < -0.4 is 5.32 Å². The Morgan fingerprint density at radius 2 is 2.09 bits per heavy atom. The van der Waals surface area contributed by atoms with Crippen LogP contribution in [0.25, 0.3) is 0 Å². The summed E-state index contributed by atoms with van der Waals surface area (Å²) in [5, 5.41) is 2.95. The Morgan fingerprint density at radius 3 is 2.45 bits per heavy atom. The average molecular weight is 155 g/mol. The predicted molar refractivity (Wildman–Crippen MR) is 45.2 cm³/mol. The molecule has 0 saturated heterocycles. The highest BCUT2D eigenvalue weighted by Gasteiger charge is 2.37. The van der Waals surface area contributed by atoms with Crippen LogP contribution in [0.3, 0.4) is 0 Å². The molecule has 0 radical (unpaired) electrons. The second-order valence-corrected chi connectivity index (χ2v) is 4.18. The molecular formula is C9H17NO. The van der Waals surface area contributed by atoms with Crippen molar-refractivity contribution in [2.24, 2.45) is 11.3 Å². The Kier molecular flexibility index (Phi) is 2.21. The van der Waals surface area contributed by atoms with E-state index in [1.165, 1.54) is 12.8 Å². The maximum absolute atomic E-state index is 11.1. The summed E-state index contributed by atoms with van der Waals surface area (Å²) >= 11 is 0. The maximum atomic E-state index is 11.1. The largest absolute Gasteiger partial charge is 0.355 e. The highest BCUT2D eigenvalue weighted by molar-refractivity contribution is 5.77. The molecule has 0 spiro atoms. The van der Waals surface area contributed by atoms with Crippen molar-refractivity contribution in [2.75, 3.05) is 6.54 Å². The second-order valence-electron chi connectivity index (χ2n) is 4.18. The fraction of sp³-hybridized carbons (Fsp3) is 0.889. The summed E-state index contributed by atoms with van der Waals surface area (Å²) in [6.45, 7) is 6.92. The van der Waals surface area contributed by atoms with Crippen molar-refractivity contribution in [2.45, 2.75) is 33.6 Å². The van der Waals surface area contributed by atoms with Crippen molar-refractivity contribution < 1.29 is 4.79 Å². The molecule has 0 atom stereocenters. The van der Waals surface area contributed by atoms with Crippen LogP contribution in [0.5, 0.6) is 0 Å². The van der Waals surface area contributed by atoms with E-state index in [1.54, 1.807) is 0 Å². The van der Waals surface area contributed by atoms with E-state index in [4.69, 9.17) is 0 Å². The zero-order valence-corrected chi connectivity index (χ0v) is 7.61. The number of hydrogen-bond donors (Lipinski definition) is 1. The van der Waals surface area contributed by atoms with Gasteiger partial charge in [-0.25, -0.2) is 0 Å². The van der Waals surface area contributed by atoms with Crippen LogP contribution in [0.4, 0.5) is 0 Å². The lowest BCUT2D eigenvalue weighted by molar-refractivity contribution is -0.124. The van der Waals surface area contributed by atoms with Gasteiger partial charge in [0, 0.05) is 12.5 Å². The van der Waals surface area contributed by atoms with E-state index < -0.39 is 0 Å². The van der Waals surface area contributed by atoms with Crippen LogP contribution in [0.1, 0.15) is 33.6 Å². The normalized spacial score (nSPS) is 20.0. The molecule has 0 aromatic carbocycles. The van der Waals surface area contributed by atoms with Gasteiger partial charge in [-0.1, -0.05) is 20.8 Å². The minimum atomic E-state index is 0.123. The molecule has 0 heterocycles. The van der Waals surface area contributed by atoms with Crippen molar-refractivity contribution in [3.05, 3.63) is 0 Å². The van der Waals surface area contributed by atoms with Crippen molar-refractivity contribution in [3.63, 3.8) is 0 Å². The van der Waals surface area contributed by atoms with Crippen molar-refractivity contribution >= 4 is 5.91 Å². The molecule has 0 aromatic rings. The standard InChI is InChI=1S/C9H17NO/c1-7(2)8(11)10-6-9(3)4-5-9/h7H,4-6H2,1-3H3,(H,10,11). The van der Waals surface area contributed by atoms with Crippen LogP contribution in [-0.4, -0.2) is 12.5 Å². The van der Waals surface area contributed by atoms with Crippen LogP contribution in [0.15, 0.2) is 0 Å². The fourth-order valence-electron chi connectivity index (χ4n) is 0.895. The van der Waals surface area contributed by atoms with Crippen molar-refractivity contribution in [3.8, 4) is 0 Å². The number of carbonyl (C=O) groups is 1. The molecule has 0 aliphatic heterocycles. The predicted octanol–water partition coefficient (Wildman–Crippen LogP) is 1.56. The van der Waals surface area contributed by atoms with Gasteiger partial charge in [0.05, 0.1) is 0 Å². The first-order valence-corrected chi connectivity index (χ1v) is 4.31. The fourth-order valence-corrected chi connectivity index (χ4v) is 0.895. The van der Waals surface area contributed by atoms with Gasteiger partial charge in [0.2, 0.25) is 5.91 Å². The third kappa shape index (κ3) is 2.52. The molecule has 1 N–H and O–H groups in total. The molecule has 1 aliphatic carbocycles. The first kappa shape index (κ1) is 8.57. The van der Waals surface area contributed by atoms with Gasteiger partial charge in [0.1, 0.15) is 0 Å². The molecule has 11 heavy (non-hydrogen) atoms. The Hall–Kier alpha value is -0.530. The second kappa shape index (κ2) is 2.84. The van der Waals surface area contributed by atoms with Gasteiger partial charge < -0.3 is 5.32 Å². The topological polar surface area (TPSA) is 29.1 Å². The lowest BCUT2D eigenvalue weighted by Gasteiger charge is -2.11. The first-order chi connectivity index (χ1) is 5.03. The van der Waals surface area contributed by atoms with Gasteiger partial charge in [-0.15, -0.1) is 0 Å². The van der Waals surface area contributed by atoms with Gasteiger partial charge in [0.25, 0.3) is 0 Å². The summed E-state index contributed by atoms with van der Waals surface area (Å²) in [7, 11) is 0. The third-order valence-electron chi connectivity index (χ3n) is 2.32. The number of carbonyl (C=O) groups excluding carboxylic acids is 1. The van der Waals surface area contributed by atoms with E-state index in [-0.39, 0.29) is 11.8 Å². The number of hydrogen-bond acceptors (Lipinski definition) is 1. The summed E-state index contributed by atoms with van der Waals surface area (Å²) in [5.74, 6) is 0.301. The number of rotatable bonds is 3. The number of amides is 1. The molecule has 1 rings (SSSR count). The highest BCUT2D eigenvalue weighted by atomic mass is 16.1. The molecular weight excluding hydrogens is 138 g/mol. The lowest BCUT2D eigenvalue weighted by Crippen LogP contribution is -2.32. The molecule has 1 saturated carbocycles. The van der Waals surface area contributed by atoms with Gasteiger partial charge in [-0.05, 0) is 18.3 Å². The minimum Gasteiger partial charge on any atom is -0.355 e. The summed E-state index contributed by atoms with van der Waals surface area (Å²) in [6, 6.07) is 0. The lowest BCUT2D eigenvalue weighted by atomic mass is 10.1. The van der Waals surface area contributed by atoms with Crippen LogP contribution in [0, 0.1) is 11.3 Å². The molecule has 2 nitrogen and oxygen atoms in total. The highest BCUT2D eigenvalue weighted by Crippen LogP contribution is 2.43. The van der Waals surface area contributed by atoms with Crippen LogP contribution in [0.2, 0.25) is 0 Å². The van der Waals surface area contributed by atoms with Crippen LogP contribution >= 0.6 is 0 Å². The zero-order chi connectivity index (χ0) is 8.48. The molecule has 64 valence electrons. The molecule has 0 bridgehead atoms. The Bertz CT molecular complexity index is 159. The van der Waals surface area contributed by atoms with Gasteiger partial charge in [0.15, 0.2) is 0 Å². The maximum Gasteiger partial charge on any atom is 0.222 e. The van der Waals surface area contributed by atoms with E-state index in [0.29, 0.717) is 5.41 Å². The summed E-state index contributed by atoms with van der Waals surface area (Å²) in [6.07, 6.45) is 2.54. The Labute approximate surface area is 68.4 Å². The Morgan fingerprint density at radius 1 is 1.55 bits per heavy atom. The molecule has 2 heteroatoms. The van der Waals surface area contributed by atoms with Gasteiger partial charge >= 0.3 is 0 Å².